The van der Waals surface area contributed by atoms with Crippen LogP contribution in [0, 0.1) is 11.8 Å². The van der Waals surface area contributed by atoms with Crippen molar-refractivity contribution in [1.29, 1.82) is 0 Å². The van der Waals surface area contributed by atoms with Crippen LogP contribution in [0.25, 0.3) is 0 Å². The highest BCUT2D eigenvalue weighted by Crippen LogP contribution is 2.43. The molecule has 6 nitrogen and oxygen atoms in total. The van der Waals surface area contributed by atoms with Gasteiger partial charge in [-0.05, 0) is 24.0 Å². The van der Waals surface area contributed by atoms with E-state index in [-0.39, 0.29) is 47.4 Å². The fraction of sp³-hybridized carbons (Fsp3) is 0.345. The molecule has 1 unspecified atom stereocenters. The summed E-state index contributed by atoms with van der Waals surface area (Å²) in [7, 11) is 0. The van der Waals surface area contributed by atoms with Gasteiger partial charge in [0.15, 0.2) is 0 Å². The van der Waals surface area contributed by atoms with Gasteiger partial charge in [0.2, 0.25) is 10.1 Å². The first kappa shape index (κ1) is 29.6. The van der Waals surface area contributed by atoms with E-state index in [1.165, 1.54) is 0 Å². The lowest BCUT2D eigenvalue weighted by molar-refractivity contribution is -0.163. The van der Waals surface area contributed by atoms with Crippen molar-refractivity contribution in [3.63, 3.8) is 0 Å². The molecule has 13 heteroatoms. The molecule has 42 heavy (non-hydrogen) atoms. The maximum absolute atomic E-state index is 14.5. The first-order valence-electron chi connectivity index (χ1n) is 13.3. The molecule has 2 fully saturated rings. The molecule has 2 saturated heterocycles. The minimum absolute atomic E-state index is 0.0187. The number of aromatic nitrogens is 2. The molecule has 0 radical (unpaired) electrons. The van der Waals surface area contributed by atoms with Crippen molar-refractivity contribution >= 4 is 22.3 Å². The van der Waals surface area contributed by atoms with Crippen LogP contribution in [-0.2, 0) is 6.18 Å². The first-order chi connectivity index (χ1) is 19.9. The number of halogens is 6. The number of hydrogen-bond acceptors (Lipinski definition) is 6. The van der Waals surface area contributed by atoms with Gasteiger partial charge in [0.25, 0.3) is 0 Å². The van der Waals surface area contributed by atoms with Gasteiger partial charge in [-0.25, -0.2) is 0 Å². The largest absolute Gasteiger partial charge is 0.445 e. The van der Waals surface area contributed by atoms with Gasteiger partial charge >= 0.3 is 12.4 Å². The van der Waals surface area contributed by atoms with Crippen molar-refractivity contribution in [3.05, 3.63) is 100 Å². The number of anilines is 1. The highest BCUT2D eigenvalue weighted by Gasteiger charge is 2.48. The lowest BCUT2D eigenvalue weighted by Crippen LogP contribution is -2.44. The molecule has 0 spiro atoms. The van der Waals surface area contributed by atoms with Crippen molar-refractivity contribution < 1.29 is 26.3 Å². The fourth-order valence-corrected chi connectivity index (χ4v) is 6.08. The van der Waals surface area contributed by atoms with Crippen LogP contribution < -0.4 is 16.0 Å². The van der Waals surface area contributed by atoms with Gasteiger partial charge < -0.3 is 16.0 Å². The number of alkyl halides is 6. The zero-order chi connectivity index (χ0) is 30.1. The van der Waals surface area contributed by atoms with Gasteiger partial charge in [-0.2, -0.15) is 26.3 Å². The van der Waals surface area contributed by atoms with E-state index >= 15 is 0 Å². The predicted octanol–water partition coefficient (Wildman–Crippen LogP) is 6.86. The second-order valence-corrected chi connectivity index (χ2v) is 11.2. The summed E-state index contributed by atoms with van der Waals surface area (Å²) in [5.74, 6) is -2.33. The Morgan fingerprint density at radius 1 is 0.952 bits per heavy atom. The van der Waals surface area contributed by atoms with Crippen LogP contribution in [-0.4, -0.2) is 35.3 Å². The van der Waals surface area contributed by atoms with Gasteiger partial charge in [-0.3, -0.25) is 4.99 Å². The Kier molecular flexibility index (Phi) is 8.31. The lowest BCUT2D eigenvalue weighted by atomic mass is 9.82. The summed E-state index contributed by atoms with van der Waals surface area (Å²) in [6.45, 7) is 4.33. The number of hydrogen-bond donors (Lipinski definition) is 2. The third-order valence-corrected chi connectivity index (χ3v) is 8.44. The minimum atomic E-state index is -4.61. The van der Waals surface area contributed by atoms with E-state index in [9.17, 15) is 26.3 Å². The van der Waals surface area contributed by atoms with E-state index in [2.05, 4.69) is 22.1 Å². The van der Waals surface area contributed by atoms with Crippen molar-refractivity contribution in [1.82, 2.24) is 15.5 Å². The Balaban J connectivity index is 1.51. The molecule has 2 aromatic carbocycles. The smallest absolute Gasteiger partial charge is 0.401 e. The molecule has 1 aromatic heterocycles. The summed E-state index contributed by atoms with van der Waals surface area (Å²) in [6, 6.07) is 17.9. The van der Waals surface area contributed by atoms with Gasteiger partial charge in [0, 0.05) is 42.4 Å². The van der Waals surface area contributed by atoms with Crippen molar-refractivity contribution in [2.75, 3.05) is 18.0 Å². The van der Waals surface area contributed by atoms with Crippen LogP contribution in [0.2, 0.25) is 0 Å². The second kappa shape index (κ2) is 11.8. The SMILES string of the molecule is C=C1CC(C(F)(F)F)C(=C(N)C2CCN(c3nnc(C(F)(F)F)s3)CC2)C(=NC(c2ccccc2)c2ccccc2)N1. The maximum Gasteiger partial charge on any atom is 0.445 e. The number of rotatable bonds is 5. The number of allylic oxidation sites excluding steroid dienone is 2. The first-order valence-corrected chi connectivity index (χ1v) is 14.1. The Morgan fingerprint density at radius 2 is 1.52 bits per heavy atom. The van der Waals surface area contributed by atoms with Crippen LogP contribution in [0.1, 0.15) is 41.4 Å². The van der Waals surface area contributed by atoms with Crippen molar-refractivity contribution in [2.45, 2.75) is 37.7 Å². The molecule has 0 amide bonds. The Hall–Kier alpha value is -3.87. The monoisotopic (exact) mass is 606 g/mol. The molecular formula is C29H28F6N6S. The number of nitrogens with one attached hydrogen (secondary N) is 1. The molecule has 2 aliphatic rings. The number of nitrogens with zero attached hydrogens (tertiary/aromatic N) is 4. The van der Waals surface area contributed by atoms with E-state index in [4.69, 9.17) is 10.7 Å². The van der Waals surface area contributed by atoms with Crippen molar-refractivity contribution in [3.8, 4) is 0 Å². The van der Waals surface area contributed by atoms with Crippen LogP contribution in [0.3, 0.4) is 0 Å². The van der Waals surface area contributed by atoms with Crippen molar-refractivity contribution in [2.24, 2.45) is 22.6 Å². The van der Waals surface area contributed by atoms with Crippen LogP contribution in [0.4, 0.5) is 31.5 Å². The van der Waals surface area contributed by atoms with Crippen LogP contribution in [0.5, 0.6) is 0 Å². The molecule has 1 atom stereocenters. The number of nitrogens with two attached hydrogens (primary N) is 1. The summed E-state index contributed by atoms with van der Waals surface area (Å²) in [6.07, 6.45) is -8.93. The van der Waals surface area contributed by atoms with E-state index in [1.807, 2.05) is 60.7 Å². The molecule has 2 aliphatic heterocycles. The number of amidine groups is 1. The highest BCUT2D eigenvalue weighted by atomic mass is 32.1. The zero-order valence-corrected chi connectivity index (χ0v) is 23.1. The van der Waals surface area contributed by atoms with Gasteiger partial charge in [-0.1, -0.05) is 78.6 Å². The molecule has 222 valence electrons. The Labute approximate surface area is 242 Å². The minimum Gasteiger partial charge on any atom is -0.401 e. The Morgan fingerprint density at radius 3 is 2.02 bits per heavy atom. The van der Waals surface area contributed by atoms with Gasteiger partial charge in [-0.15, -0.1) is 10.2 Å². The van der Waals surface area contributed by atoms with Gasteiger partial charge in [0.05, 0.1) is 5.92 Å². The van der Waals surface area contributed by atoms with E-state index in [1.54, 1.807) is 4.90 Å². The molecule has 3 N–H and O–H groups in total. The van der Waals surface area contributed by atoms with Crippen LogP contribution >= 0.6 is 11.3 Å². The van der Waals surface area contributed by atoms with E-state index in [0.29, 0.717) is 24.2 Å². The van der Waals surface area contributed by atoms with E-state index < -0.39 is 35.2 Å². The average Bonchev–Trinajstić information content (AvgIpc) is 3.47. The number of benzene rings is 2. The second-order valence-electron chi connectivity index (χ2n) is 10.2. The summed E-state index contributed by atoms with van der Waals surface area (Å²) in [5, 5.41) is 8.96. The molecule has 3 aromatic rings. The predicted molar refractivity (Wildman–Crippen MR) is 150 cm³/mol. The standard InChI is InChI=1S/C29H28F6N6S/c1-17-16-21(28(30,31)32)22(23(36)18-12-14-41(15-13-18)27-40-39-26(42-27)29(33,34)35)25(37-17)38-24(19-8-4-2-5-9-19)20-10-6-3-7-11-20/h2-11,18,21,24H,1,12-16,36H2,(H,37,38). The maximum atomic E-state index is 14.5. The van der Waals surface area contributed by atoms with Crippen LogP contribution in [0.15, 0.2) is 89.2 Å². The summed E-state index contributed by atoms with van der Waals surface area (Å²) in [4.78, 5) is 6.50. The Bertz CT molecular complexity index is 1420. The molecule has 5 rings (SSSR count). The summed E-state index contributed by atoms with van der Waals surface area (Å²) in [5.41, 5.74) is 8.30. The third-order valence-electron chi connectivity index (χ3n) is 7.41. The van der Waals surface area contributed by atoms with Gasteiger partial charge in [0.1, 0.15) is 11.9 Å². The third kappa shape index (κ3) is 6.45. The topological polar surface area (TPSA) is 79.4 Å². The zero-order valence-electron chi connectivity index (χ0n) is 22.3. The highest BCUT2D eigenvalue weighted by molar-refractivity contribution is 7.15. The summed E-state index contributed by atoms with van der Waals surface area (Å²) < 4.78 is 82.5. The average molecular weight is 607 g/mol. The molecular weight excluding hydrogens is 578 g/mol. The quantitative estimate of drug-likeness (QED) is 0.311. The lowest BCUT2D eigenvalue weighted by Gasteiger charge is -2.37. The summed E-state index contributed by atoms with van der Waals surface area (Å²) >= 11 is 0.439. The van der Waals surface area contributed by atoms with E-state index in [0.717, 1.165) is 11.1 Å². The fourth-order valence-electron chi connectivity index (χ4n) is 5.32. The number of aliphatic imine (C=N–C) groups is 1. The molecule has 3 heterocycles. The number of piperidine rings is 2. The molecule has 0 aliphatic carbocycles. The molecule has 0 saturated carbocycles. The molecule has 0 bridgehead atoms. The normalized spacial score (nSPS) is 21.1.